The van der Waals surface area contributed by atoms with E-state index >= 15 is 0 Å². The molecule has 3 aromatic rings. The molecule has 0 fully saturated rings. The lowest BCUT2D eigenvalue weighted by Crippen LogP contribution is -2.16. The summed E-state index contributed by atoms with van der Waals surface area (Å²) in [5.41, 5.74) is 2.40. The number of hydrogen-bond acceptors (Lipinski definition) is 6. The van der Waals surface area contributed by atoms with Gasteiger partial charge in [0.1, 0.15) is 11.5 Å². The van der Waals surface area contributed by atoms with Crippen LogP contribution in [-0.2, 0) is 31.9 Å². The van der Waals surface area contributed by atoms with Gasteiger partial charge in [-0.05, 0) is 49.9 Å². The summed E-state index contributed by atoms with van der Waals surface area (Å²) in [6.45, 7) is 7.96. The molecule has 0 saturated carbocycles. The summed E-state index contributed by atoms with van der Waals surface area (Å²) in [7, 11) is 0. The van der Waals surface area contributed by atoms with Crippen LogP contribution in [0.4, 0.5) is 0 Å². The number of hydrogen-bond donors (Lipinski definition) is 0. The third-order valence-corrected chi connectivity index (χ3v) is 5.29. The largest absolute Gasteiger partial charge is 0.481 e. The summed E-state index contributed by atoms with van der Waals surface area (Å²) in [4.78, 5) is 24.0. The zero-order chi connectivity index (χ0) is 23.1. The topological polar surface area (TPSA) is 71.1 Å². The minimum absolute atomic E-state index is 0.188. The van der Waals surface area contributed by atoms with E-state index in [-0.39, 0.29) is 13.2 Å². The highest BCUT2D eigenvalue weighted by atomic mass is 16.6. The molecule has 0 aliphatic heterocycles. The van der Waals surface area contributed by atoms with Crippen LogP contribution in [0.3, 0.4) is 0 Å². The molecule has 170 valence electrons. The fraction of sp³-hybridized carbons (Fsp3) is 0.385. The van der Waals surface area contributed by atoms with Crippen LogP contribution in [0.25, 0.3) is 21.5 Å². The second kappa shape index (κ2) is 10.8. The average Bonchev–Trinajstić information content (AvgIpc) is 2.80. The van der Waals surface area contributed by atoms with E-state index in [0.29, 0.717) is 24.7 Å². The third kappa shape index (κ3) is 4.96. The average molecular weight is 439 g/mol. The Labute approximate surface area is 188 Å². The molecule has 0 atom stereocenters. The summed E-state index contributed by atoms with van der Waals surface area (Å²) in [6.07, 6.45) is 1.73. The lowest BCUT2D eigenvalue weighted by molar-refractivity contribution is -0.146. The predicted molar refractivity (Wildman–Crippen MR) is 124 cm³/mol. The van der Waals surface area contributed by atoms with Crippen molar-refractivity contribution in [3.05, 3.63) is 47.5 Å². The van der Waals surface area contributed by atoms with Crippen molar-refractivity contribution in [2.45, 2.75) is 40.5 Å². The molecule has 0 saturated heterocycles. The number of fused-ring (bicyclic) bond motifs is 2. The van der Waals surface area contributed by atoms with Crippen molar-refractivity contribution < 1.29 is 28.5 Å². The predicted octanol–water partition coefficient (Wildman–Crippen LogP) is 5.00. The number of ether oxygens (including phenoxy) is 4. The zero-order valence-electron chi connectivity index (χ0n) is 19.2. The lowest BCUT2D eigenvalue weighted by atomic mass is 9.93. The molecular weight excluding hydrogens is 408 g/mol. The van der Waals surface area contributed by atoms with Gasteiger partial charge in [-0.1, -0.05) is 38.1 Å². The number of rotatable bonds is 10. The molecule has 6 nitrogen and oxygen atoms in total. The van der Waals surface area contributed by atoms with Gasteiger partial charge in [0.05, 0.1) is 13.2 Å². The summed E-state index contributed by atoms with van der Waals surface area (Å²) in [5, 5.41) is 3.27. The first-order chi connectivity index (χ1) is 15.5. The van der Waals surface area contributed by atoms with Gasteiger partial charge in [0.15, 0.2) is 13.2 Å². The van der Waals surface area contributed by atoms with Crippen molar-refractivity contribution >= 4 is 33.5 Å². The van der Waals surface area contributed by atoms with Crippen molar-refractivity contribution in [1.29, 1.82) is 0 Å². The van der Waals surface area contributed by atoms with E-state index in [1.54, 1.807) is 13.8 Å². The number of carbonyl (C=O) groups is 2. The van der Waals surface area contributed by atoms with Crippen molar-refractivity contribution in [2.75, 3.05) is 26.4 Å². The molecule has 0 radical (unpaired) electrons. The molecule has 0 spiro atoms. The highest BCUT2D eigenvalue weighted by molar-refractivity contribution is 6.11. The van der Waals surface area contributed by atoms with Crippen molar-refractivity contribution in [1.82, 2.24) is 0 Å². The number of esters is 2. The van der Waals surface area contributed by atoms with E-state index in [1.807, 2.05) is 24.3 Å². The van der Waals surface area contributed by atoms with Crippen LogP contribution in [0.1, 0.15) is 38.8 Å². The standard InChI is InChI=1S/C26H30O6/c1-5-17-13-21-22(14-18(17)6-2)26(32-16-24(28)30-8-4)20-12-10-9-11-19(20)25(21)31-15-23(27)29-7-3/h9-14H,5-8,15-16H2,1-4H3. The van der Waals surface area contributed by atoms with E-state index in [4.69, 9.17) is 18.9 Å². The molecule has 0 aliphatic rings. The Morgan fingerprint density at radius 1 is 0.656 bits per heavy atom. The monoisotopic (exact) mass is 438 g/mol. The van der Waals surface area contributed by atoms with Crippen molar-refractivity contribution in [3.63, 3.8) is 0 Å². The molecule has 0 N–H and O–H groups in total. The summed E-state index contributed by atoms with van der Waals surface area (Å²) < 4.78 is 22.1. The van der Waals surface area contributed by atoms with E-state index in [2.05, 4.69) is 26.0 Å². The van der Waals surface area contributed by atoms with Gasteiger partial charge in [-0.25, -0.2) is 9.59 Å². The maximum Gasteiger partial charge on any atom is 0.344 e. The first-order valence-electron chi connectivity index (χ1n) is 11.1. The quantitative estimate of drug-likeness (QED) is 0.328. The van der Waals surface area contributed by atoms with Gasteiger partial charge in [0.25, 0.3) is 0 Å². The molecule has 0 heterocycles. The Kier molecular flexibility index (Phi) is 7.92. The van der Waals surface area contributed by atoms with Crippen LogP contribution >= 0.6 is 0 Å². The summed E-state index contributed by atoms with van der Waals surface area (Å²) in [5.74, 6) is 0.357. The Hall–Kier alpha value is -3.28. The number of carbonyl (C=O) groups excluding carboxylic acids is 2. The fourth-order valence-corrected chi connectivity index (χ4v) is 3.87. The van der Waals surface area contributed by atoms with Crippen LogP contribution in [0.2, 0.25) is 0 Å². The first kappa shape index (κ1) is 23.4. The maximum atomic E-state index is 12.0. The van der Waals surface area contributed by atoms with Crippen LogP contribution in [0.15, 0.2) is 36.4 Å². The smallest absolute Gasteiger partial charge is 0.344 e. The molecule has 0 amide bonds. The molecule has 32 heavy (non-hydrogen) atoms. The van der Waals surface area contributed by atoms with Crippen LogP contribution in [0, 0.1) is 0 Å². The molecule has 3 aromatic carbocycles. The van der Waals surface area contributed by atoms with E-state index in [0.717, 1.165) is 34.4 Å². The number of benzene rings is 3. The Morgan fingerprint density at radius 3 is 1.41 bits per heavy atom. The minimum atomic E-state index is -0.423. The van der Waals surface area contributed by atoms with Gasteiger partial charge < -0.3 is 18.9 Å². The second-order valence-electron chi connectivity index (χ2n) is 7.26. The Morgan fingerprint density at radius 2 is 1.06 bits per heavy atom. The SMILES string of the molecule is CCOC(=O)COc1c2ccccc2c(OCC(=O)OCC)c2cc(CC)c(CC)cc12. The maximum absolute atomic E-state index is 12.0. The first-order valence-corrected chi connectivity index (χ1v) is 11.1. The summed E-state index contributed by atoms with van der Waals surface area (Å²) >= 11 is 0. The molecule has 0 bridgehead atoms. The molecule has 0 aromatic heterocycles. The van der Waals surface area contributed by atoms with Gasteiger partial charge in [-0.3, -0.25) is 0 Å². The Balaban J connectivity index is 2.23. The van der Waals surface area contributed by atoms with Gasteiger partial charge >= 0.3 is 11.9 Å². The zero-order valence-corrected chi connectivity index (χ0v) is 19.2. The van der Waals surface area contributed by atoms with E-state index in [1.165, 1.54) is 11.1 Å². The highest BCUT2D eigenvalue weighted by Crippen LogP contribution is 2.44. The van der Waals surface area contributed by atoms with Gasteiger partial charge in [0.2, 0.25) is 0 Å². The van der Waals surface area contributed by atoms with Crippen LogP contribution < -0.4 is 9.47 Å². The second-order valence-corrected chi connectivity index (χ2v) is 7.26. The lowest BCUT2D eigenvalue weighted by Gasteiger charge is -2.19. The highest BCUT2D eigenvalue weighted by Gasteiger charge is 2.20. The molecule has 6 heteroatoms. The van der Waals surface area contributed by atoms with Gasteiger partial charge in [-0.15, -0.1) is 0 Å². The molecule has 0 unspecified atom stereocenters. The third-order valence-electron chi connectivity index (χ3n) is 5.29. The van der Waals surface area contributed by atoms with Crippen molar-refractivity contribution in [2.24, 2.45) is 0 Å². The molecular formula is C26H30O6. The normalized spacial score (nSPS) is 10.9. The van der Waals surface area contributed by atoms with E-state index < -0.39 is 11.9 Å². The molecule has 0 aliphatic carbocycles. The van der Waals surface area contributed by atoms with Crippen molar-refractivity contribution in [3.8, 4) is 11.5 Å². The van der Waals surface area contributed by atoms with Crippen LogP contribution in [-0.4, -0.2) is 38.4 Å². The number of aryl methyl sites for hydroxylation is 2. The van der Waals surface area contributed by atoms with E-state index in [9.17, 15) is 9.59 Å². The fourth-order valence-electron chi connectivity index (χ4n) is 3.87. The Bertz CT molecular complexity index is 1030. The summed E-state index contributed by atoms with van der Waals surface area (Å²) in [6, 6.07) is 11.8. The van der Waals surface area contributed by atoms with Gasteiger partial charge in [0, 0.05) is 21.5 Å². The van der Waals surface area contributed by atoms with Crippen LogP contribution in [0.5, 0.6) is 11.5 Å². The minimum Gasteiger partial charge on any atom is -0.481 e. The van der Waals surface area contributed by atoms with Gasteiger partial charge in [-0.2, -0.15) is 0 Å². The molecule has 3 rings (SSSR count).